The lowest BCUT2D eigenvalue weighted by Gasteiger charge is -2.39. The molecule has 4 heteroatoms. The van der Waals surface area contributed by atoms with Crippen LogP contribution in [0.2, 0.25) is 0 Å². The van der Waals surface area contributed by atoms with Gasteiger partial charge in [-0.3, -0.25) is 4.90 Å². The van der Waals surface area contributed by atoms with E-state index in [1.54, 1.807) is 0 Å². The molecule has 0 N–H and O–H groups in total. The summed E-state index contributed by atoms with van der Waals surface area (Å²) in [6.07, 6.45) is 3.15. The van der Waals surface area contributed by atoms with E-state index < -0.39 is 0 Å². The van der Waals surface area contributed by atoms with Gasteiger partial charge >= 0.3 is 6.09 Å². The van der Waals surface area contributed by atoms with Crippen molar-refractivity contribution in [2.45, 2.75) is 52.6 Å². The molecule has 2 aliphatic rings. The lowest BCUT2D eigenvalue weighted by Crippen LogP contribution is -2.43. The predicted octanol–water partition coefficient (Wildman–Crippen LogP) is 4.44. The summed E-state index contributed by atoms with van der Waals surface area (Å²) in [4.78, 5) is 14.5. The maximum absolute atomic E-state index is 12.6. The zero-order valence-electron chi connectivity index (χ0n) is 14.8. The molecule has 1 aliphatic carbocycles. The molecule has 4 rings (SSSR count). The number of rotatable bonds is 2. The Morgan fingerprint density at radius 3 is 2.96 bits per heavy atom. The fourth-order valence-electron chi connectivity index (χ4n) is 4.26. The number of carbonyl (C=O) groups excluding carboxylic acids is 1. The molecule has 128 valence electrons. The van der Waals surface area contributed by atoms with Gasteiger partial charge in [0.1, 0.15) is 0 Å². The van der Waals surface area contributed by atoms with Crippen LogP contribution in [0.4, 0.5) is 4.79 Å². The van der Waals surface area contributed by atoms with Crippen molar-refractivity contribution in [3.05, 3.63) is 35.0 Å². The molecule has 1 atom stereocenters. The maximum atomic E-state index is 12.6. The Bertz CT molecular complexity index is 791. The van der Waals surface area contributed by atoms with E-state index in [1.165, 1.54) is 27.7 Å². The van der Waals surface area contributed by atoms with Crippen molar-refractivity contribution in [1.82, 2.24) is 9.47 Å². The second-order valence-electron chi connectivity index (χ2n) is 7.61. The summed E-state index contributed by atoms with van der Waals surface area (Å²) in [5, 5.41) is 1.38. The number of amides is 1. The fourth-order valence-corrected chi connectivity index (χ4v) is 4.26. The zero-order valence-corrected chi connectivity index (χ0v) is 14.8. The lowest BCUT2D eigenvalue weighted by atomic mass is 9.89. The Labute approximate surface area is 143 Å². The Morgan fingerprint density at radius 1 is 1.33 bits per heavy atom. The van der Waals surface area contributed by atoms with Gasteiger partial charge in [0.05, 0.1) is 12.6 Å². The standard InChI is InChI=1S/C20H26N2O2/c1-13(2)12-24-20(23)22-10-9-21-17-8-7-14(3)11-16(17)15-5-4-6-18(22)19(15)21/h7-8,11,13,18H,4-6,9-10,12H2,1-3H3/t18-/m1/s1. The van der Waals surface area contributed by atoms with Gasteiger partial charge in [-0.15, -0.1) is 0 Å². The number of ether oxygens (including phenoxy) is 1. The first-order chi connectivity index (χ1) is 11.6. The third-order valence-corrected chi connectivity index (χ3v) is 5.30. The van der Waals surface area contributed by atoms with Crippen LogP contribution in [0.15, 0.2) is 18.2 Å². The van der Waals surface area contributed by atoms with Gasteiger partial charge < -0.3 is 9.30 Å². The zero-order chi connectivity index (χ0) is 16.8. The number of hydrogen-bond acceptors (Lipinski definition) is 2. The number of carbonyl (C=O) groups is 1. The molecule has 24 heavy (non-hydrogen) atoms. The van der Waals surface area contributed by atoms with Crippen molar-refractivity contribution in [3.63, 3.8) is 0 Å². The third kappa shape index (κ3) is 2.40. The van der Waals surface area contributed by atoms with E-state index in [2.05, 4.69) is 43.5 Å². The van der Waals surface area contributed by atoms with Gasteiger partial charge in [-0.2, -0.15) is 0 Å². The van der Waals surface area contributed by atoms with E-state index in [9.17, 15) is 4.79 Å². The molecule has 0 saturated heterocycles. The van der Waals surface area contributed by atoms with E-state index in [0.29, 0.717) is 12.5 Å². The summed E-state index contributed by atoms with van der Waals surface area (Å²) >= 11 is 0. The van der Waals surface area contributed by atoms with Crippen molar-refractivity contribution in [2.24, 2.45) is 5.92 Å². The largest absolute Gasteiger partial charge is 0.449 e. The van der Waals surface area contributed by atoms with Gasteiger partial charge in [-0.05, 0) is 49.8 Å². The normalized spacial score (nSPS) is 19.7. The topological polar surface area (TPSA) is 34.5 Å². The highest BCUT2D eigenvalue weighted by atomic mass is 16.6. The second-order valence-corrected chi connectivity index (χ2v) is 7.61. The number of aromatic nitrogens is 1. The van der Waals surface area contributed by atoms with Crippen molar-refractivity contribution < 1.29 is 9.53 Å². The van der Waals surface area contributed by atoms with Gasteiger partial charge in [-0.1, -0.05) is 25.5 Å². The van der Waals surface area contributed by atoms with Crippen LogP contribution >= 0.6 is 0 Å². The van der Waals surface area contributed by atoms with E-state index in [1.807, 2.05) is 4.90 Å². The molecule has 1 aromatic heterocycles. The average Bonchev–Trinajstić information content (AvgIpc) is 2.88. The Balaban J connectivity index is 1.73. The molecule has 4 nitrogen and oxygen atoms in total. The molecule has 0 fully saturated rings. The summed E-state index contributed by atoms with van der Waals surface area (Å²) in [5.74, 6) is 0.370. The van der Waals surface area contributed by atoms with Crippen LogP contribution in [0, 0.1) is 12.8 Å². The molecule has 1 aromatic carbocycles. The number of fused-ring (bicyclic) bond motifs is 3. The molecular weight excluding hydrogens is 300 g/mol. The molecule has 1 amide bonds. The fraction of sp³-hybridized carbons (Fsp3) is 0.550. The predicted molar refractivity (Wildman–Crippen MR) is 95.2 cm³/mol. The first-order valence-corrected chi connectivity index (χ1v) is 9.11. The molecule has 0 spiro atoms. The smallest absolute Gasteiger partial charge is 0.410 e. The first kappa shape index (κ1) is 15.6. The number of benzene rings is 1. The minimum absolute atomic E-state index is 0.144. The second kappa shape index (κ2) is 5.83. The molecular formula is C20H26N2O2. The highest BCUT2D eigenvalue weighted by molar-refractivity contribution is 5.87. The van der Waals surface area contributed by atoms with Crippen LogP contribution in [-0.2, 0) is 17.7 Å². The van der Waals surface area contributed by atoms with Gasteiger partial charge in [-0.25, -0.2) is 4.79 Å². The van der Waals surface area contributed by atoms with Crippen LogP contribution in [0.25, 0.3) is 10.9 Å². The highest BCUT2D eigenvalue weighted by Gasteiger charge is 2.37. The lowest BCUT2D eigenvalue weighted by molar-refractivity contribution is 0.0634. The minimum atomic E-state index is -0.144. The Hall–Kier alpha value is -1.97. The molecule has 0 unspecified atom stereocenters. The van der Waals surface area contributed by atoms with E-state index in [4.69, 9.17) is 4.74 Å². The highest BCUT2D eigenvalue weighted by Crippen LogP contribution is 2.42. The SMILES string of the molecule is Cc1ccc2c(c1)c1c3n2CCN(C(=O)OCC(C)C)[C@@H]3CCC1. The van der Waals surface area contributed by atoms with Crippen LogP contribution in [0.5, 0.6) is 0 Å². The van der Waals surface area contributed by atoms with E-state index >= 15 is 0 Å². The molecule has 1 aliphatic heterocycles. The summed E-state index contributed by atoms with van der Waals surface area (Å²) in [7, 11) is 0. The third-order valence-electron chi connectivity index (χ3n) is 5.30. The molecule has 0 saturated carbocycles. The van der Waals surface area contributed by atoms with E-state index in [0.717, 1.165) is 32.4 Å². The van der Waals surface area contributed by atoms with Gasteiger partial charge in [0.15, 0.2) is 0 Å². The van der Waals surface area contributed by atoms with Crippen molar-refractivity contribution in [2.75, 3.05) is 13.2 Å². The van der Waals surface area contributed by atoms with Gasteiger partial charge in [0.25, 0.3) is 0 Å². The summed E-state index contributed by atoms with van der Waals surface area (Å²) in [6.45, 7) is 8.40. The Kier molecular flexibility index (Phi) is 3.78. The number of hydrogen-bond donors (Lipinski definition) is 0. The van der Waals surface area contributed by atoms with Gasteiger partial charge in [0.2, 0.25) is 0 Å². The molecule has 2 aromatic rings. The number of aryl methyl sites for hydroxylation is 2. The average molecular weight is 326 g/mol. The number of nitrogens with zero attached hydrogens (tertiary/aromatic N) is 2. The van der Waals surface area contributed by atoms with Crippen LogP contribution in [0.3, 0.4) is 0 Å². The Morgan fingerprint density at radius 2 is 2.17 bits per heavy atom. The summed E-state index contributed by atoms with van der Waals surface area (Å²) in [5.41, 5.74) is 5.44. The minimum Gasteiger partial charge on any atom is -0.449 e. The molecule has 0 bridgehead atoms. The monoisotopic (exact) mass is 326 g/mol. The van der Waals surface area contributed by atoms with Crippen molar-refractivity contribution >= 4 is 17.0 Å². The summed E-state index contributed by atoms with van der Waals surface area (Å²) < 4.78 is 7.97. The van der Waals surface area contributed by atoms with Crippen LogP contribution < -0.4 is 0 Å². The van der Waals surface area contributed by atoms with Crippen molar-refractivity contribution in [3.8, 4) is 0 Å². The van der Waals surface area contributed by atoms with Crippen LogP contribution in [0.1, 0.15) is 49.6 Å². The molecule has 0 radical (unpaired) electrons. The van der Waals surface area contributed by atoms with Crippen molar-refractivity contribution in [1.29, 1.82) is 0 Å². The maximum Gasteiger partial charge on any atom is 0.410 e. The first-order valence-electron chi connectivity index (χ1n) is 9.11. The quantitative estimate of drug-likeness (QED) is 0.818. The van der Waals surface area contributed by atoms with E-state index in [-0.39, 0.29) is 12.1 Å². The van der Waals surface area contributed by atoms with Crippen LogP contribution in [-0.4, -0.2) is 28.7 Å². The van der Waals surface area contributed by atoms with Gasteiger partial charge in [0, 0.05) is 29.7 Å². The summed E-state index contributed by atoms with van der Waals surface area (Å²) in [6, 6.07) is 6.91. The molecule has 2 heterocycles.